The summed E-state index contributed by atoms with van der Waals surface area (Å²) in [4.78, 5) is 12.2. The molecule has 0 aliphatic heterocycles. The summed E-state index contributed by atoms with van der Waals surface area (Å²) in [5, 5.41) is 9.10. The predicted octanol–water partition coefficient (Wildman–Crippen LogP) is 5.89. The number of rotatable bonds is 11. The molecular formula is C26H31N3O2. The molecule has 162 valence electrons. The van der Waals surface area contributed by atoms with E-state index in [1.807, 2.05) is 42.6 Å². The Morgan fingerprint density at radius 3 is 2.16 bits per heavy atom. The molecule has 0 amide bonds. The van der Waals surface area contributed by atoms with Gasteiger partial charge >= 0.3 is 0 Å². The van der Waals surface area contributed by atoms with Crippen molar-refractivity contribution >= 4 is 5.82 Å². The molecule has 0 radical (unpaired) electrons. The van der Waals surface area contributed by atoms with Gasteiger partial charge in [0.15, 0.2) is 0 Å². The SMILES string of the molecule is C=C(O)COCCCCN(c1cnc(-c2ccccc2)c(-c2ccccc2)n1)C(C)C. The number of hydrogen-bond acceptors (Lipinski definition) is 5. The standard InChI is InChI=1S/C26H31N3O2/c1-20(2)29(16-10-11-17-31-19-21(3)30)24-18-27-25(22-12-6-4-7-13-22)26(28-24)23-14-8-5-9-15-23/h4-9,12-15,18,20,30H,3,10-11,16-17,19H2,1-2H3. The Morgan fingerprint density at radius 2 is 1.58 bits per heavy atom. The predicted molar refractivity (Wildman–Crippen MR) is 127 cm³/mol. The van der Waals surface area contributed by atoms with Crippen LogP contribution in [0.1, 0.15) is 26.7 Å². The van der Waals surface area contributed by atoms with E-state index in [1.54, 1.807) is 0 Å². The molecular weight excluding hydrogens is 386 g/mol. The molecule has 1 N–H and O–H groups in total. The highest BCUT2D eigenvalue weighted by molar-refractivity contribution is 5.78. The van der Waals surface area contributed by atoms with E-state index < -0.39 is 0 Å². The molecule has 0 aliphatic carbocycles. The Bertz CT molecular complexity index is 959. The zero-order valence-corrected chi connectivity index (χ0v) is 18.4. The Balaban J connectivity index is 1.83. The summed E-state index contributed by atoms with van der Waals surface area (Å²) in [6.45, 7) is 9.42. The second-order valence-corrected chi connectivity index (χ2v) is 7.77. The molecule has 0 unspecified atom stereocenters. The molecule has 0 fully saturated rings. The van der Waals surface area contributed by atoms with Gasteiger partial charge in [-0.3, -0.25) is 4.98 Å². The van der Waals surface area contributed by atoms with Gasteiger partial charge in [-0.1, -0.05) is 67.2 Å². The van der Waals surface area contributed by atoms with Crippen molar-refractivity contribution in [2.24, 2.45) is 0 Å². The van der Waals surface area contributed by atoms with Crippen LogP contribution in [0, 0.1) is 0 Å². The third-order valence-corrected chi connectivity index (χ3v) is 4.98. The van der Waals surface area contributed by atoms with E-state index in [9.17, 15) is 0 Å². The summed E-state index contributed by atoms with van der Waals surface area (Å²) in [6, 6.07) is 20.7. The topological polar surface area (TPSA) is 58.5 Å². The van der Waals surface area contributed by atoms with Gasteiger partial charge < -0.3 is 14.7 Å². The van der Waals surface area contributed by atoms with Gasteiger partial charge in [0.1, 0.15) is 18.2 Å². The summed E-state index contributed by atoms with van der Waals surface area (Å²) in [5.74, 6) is 0.934. The third-order valence-electron chi connectivity index (χ3n) is 4.98. The average Bonchev–Trinajstić information content (AvgIpc) is 2.79. The molecule has 2 aromatic carbocycles. The van der Waals surface area contributed by atoms with Crippen molar-refractivity contribution in [2.45, 2.75) is 32.7 Å². The highest BCUT2D eigenvalue weighted by atomic mass is 16.5. The molecule has 0 spiro atoms. The second-order valence-electron chi connectivity index (χ2n) is 7.77. The van der Waals surface area contributed by atoms with Crippen LogP contribution in [-0.4, -0.2) is 40.9 Å². The lowest BCUT2D eigenvalue weighted by Gasteiger charge is -2.28. The van der Waals surface area contributed by atoms with Crippen molar-refractivity contribution in [2.75, 3.05) is 24.7 Å². The Kier molecular flexibility index (Phi) is 8.19. The van der Waals surface area contributed by atoms with Crippen molar-refractivity contribution in [1.29, 1.82) is 0 Å². The number of hydrogen-bond donors (Lipinski definition) is 1. The van der Waals surface area contributed by atoms with Gasteiger partial charge in [-0.05, 0) is 26.7 Å². The number of nitrogens with zero attached hydrogens (tertiary/aromatic N) is 3. The van der Waals surface area contributed by atoms with Gasteiger partial charge in [0.2, 0.25) is 0 Å². The summed E-state index contributed by atoms with van der Waals surface area (Å²) in [5.41, 5.74) is 3.88. The molecule has 0 saturated carbocycles. The minimum atomic E-state index is 0.0611. The lowest BCUT2D eigenvalue weighted by atomic mass is 10.0. The van der Waals surface area contributed by atoms with Crippen LogP contribution in [0.3, 0.4) is 0 Å². The minimum Gasteiger partial charge on any atom is -0.510 e. The normalized spacial score (nSPS) is 10.9. The average molecular weight is 418 g/mol. The van der Waals surface area contributed by atoms with Crippen molar-refractivity contribution in [1.82, 2.24) is 9.97 Å². The maximum atomic E-state index is 9.10. The van der Waals surface area contributed by atoms with E-state index in [4.69, 9.17) is 19.8 Å². The summed E-state index contributed by atoms with van der Waals surface area (Å²) in [7, 11) is 0. The van der Waals surface area contributed by atoms with Crippen LogP contribution < -0.4 is 4.90 Å². The van der Waals surface area contributed by atoms with Crippen LogP contribution >= 0.6 is 0 Å². The van der Waals surface area contributed by atoms with Crippen molar-refractivity contribution < 1.29 is 9.84 Å². The molecule has 31 heavy (non-hydrogen) atoms. The molecule has 1 heterocycles. The fourth-order valence-corrected chi connectivity index (χ4v) is 3.44. The molecule has 5 nitrogen and oxygen atoms in total. The Hall–Kier alpha value is -3.18. The number of aliphatic hydroxyl groups is 1. The lowest BCUT2D eigenvalue weighted by Crippen LogP contribution is -2.33. The summed E-state index contributed by atoms with van der Waals surface area (Å²) in [6.07, 6.45) is 3.73. The van der Waals surface area contributed by atoms with E-state index in [2.05, 4.69) is 49.6 Å². The van der Waals surface area contributed by atoms with Crippen LogP contribution in [0.25, 0.3) is 22.5 Å². The van der Waals surface area contributed by atoms with Gasteiger partial charge in [0.25, 0.3) is 0 Å². The second kappa shape index (κ2) is 11.3. The highest BCUT2D eigenvalue weighted by Gasteiger charge is 2.17. The van der Waals surface area contributed by atoms with Gasteiger partial charge in [-0.25, -0.2) is 4.98 Å². The molecule has 0 aliphatic rings. The number of anilines is 1. The van der Waals surface area contributed by atoms with Crippen molar-refractivity contribution in [3.05, 3.63) is 79.2 Å². The molecule has 3 rings (SSSR count). The highest BCUT2D eigenvalue weighted by Crippen LogP contribution is 2.30. The van der Waals surface area contributed by atoms with Crippen molar-refractivity contribution in [3.63, 3.8) is 0 Å². The van der Waals surface area contributed by atoms with Crippen LogP contribution in [0.5, 0.6) is 0 Å². The van der Waals surface area contributed by atoms with Crippen molar-refractivity contribution in [3.8, 4) is 22.5 Å². The van der Waals surface area contributed by atoms with E-state index in [0.717, 1.165) is 47.7 Å². The smallest absolute Gasteiger partial charge is 0.148 e. The quantitative estimate of drug-likeness (QED) is 0.311. The number of benzene rings is 2. The van der Waals surface area contributed by atoms with Gasteiger partial charge in [-0.2, -0.15) is 0 Å². The number of unbranched alkanes of at least 4 members (excludes halogenated alkanes) is 1. The first kappa shape index (κ1) is 22.5. The number of aromatic nitrogens is 2. The molecule has 0 atom stereocenters. The first-order valence-corrected chi connectivity index (χ1v) is 10.7. The molecule has 0 saturated heterocycles. The van der Waals surface area contributed by atoms with Gasteiger partial charge in [0.05, 0.1) is 17.6 Å². The fourth-order valence-electron chi connectivity index (χ4n) is 3.44. The van der Waals surface area contributed by atoms with Gasteiger partial charge in [0, 0.05) is 30.3 Å². The van der Waals surface area contributed by atoms with E-state index in [0.29, 0.717) is 12.6 Å². The largest absolute Gasteiger partial charge is 0.510 e. The maximum Gasteiger partial charge on any atom is 0.148 e. The first-order valence-electron chi connectivity index (χ1n) is 10.7. The molecule has 3 aromatic rings. The molecule has 5 heteroatoms. The van der Waals surface area contributed by atoms with Crippen LogP contribution in [0.15, 0.2) is 79.2 Å². The third kappa shape index (κ3) is 6.40. The van der Waals surface area contributed by atoms with Crippen LogP contribution in [0.4, 0.5) is 5.82 Å². The monoisotopic (exact) mass is 417 g/mol. The first-order chi connectivity index (χ1) is 15.1. The zero-order chi connectivity index (χ0) is 22.1. The van der Waals surface area contributed by atoms with Gasteiger partial charge in [-0.15, -0.1) is 0 Å². The van der Waals surface area contributed by atoms with E-state index >= 15 is 0 Å². The molecule has 0 bridgehead atoms. The Labute approximate surface area is 185 Å². The van der Waals surface area contributed by atoms with E-state index in [1.165, 1.54) is 0 Å². The number of aliphatic hydroxyl groups excluding tert-OH is 1. The zero-order valence-electron chi connectivity index (χ0n) is 18.4. The maximum absolute atomic E-state index is 9.10. The van der Waals surface area contributed by atoms with Crippen LogP contribution in [0.2, 0.25) is 0 Å². The number of ether oxygens (including phenoxy) is 1. The minimum absolute atomic E-state index is 0.0611. The molecule has 1 aromatic heterocycles. The summed E-state index contributed by atoms with van der Waals surface area (Å²) >= 11 is 0. The van der Waals surface area contributed by atoms with Crippen LogP contribution in [-0.2, 0) is 4.74 Å². The lowest BCUT2D eigenvalue weighted by molar-refractivity contribution is 0.125. The summed E-state index contributed by atoms with van der Waals surface area (Å²) < 4.78 is 5.39. The van der Waals surface area contributed by atoms with E-state index in [-0.39, 0.29) is 12.4 Å². The fraction of sp³-hybridized carbons (Fsp3) is 0.308. The Morgan fingerprint density at radius 1 is 0.968 bits per heavy atom.